The van der Waals surface area contributed by atoms with E-state index in [1.807, 2.05) is 6.92 Å². The van der Waals surface area contributed by atoms with Gasteiger partial charge in [0.25, 0.3) is 0 Å². The van der Waals surface area contributed by atoms with Gasteiger partial charge in [0.05, 0.1) is 32.3 Å². The van der Waals surface area contributed by atoms with E-state index in [4.69, 9.17) is 35.4 Å². The number of carboxylic acid groups (broad SMARTS) is 5. The van der Waals surface area contributed by atoms with Gasteiger partial charge in [-0.05, 0) is 6.42 Å². The third kappa shape index (κ3) is 13.6. The van der Waals surface area contributed by atoms with Gasteiger partial charge < -0.3 is 40.5 Å². The Morgan fingerprint density at radius 3 is 1.29 bits per heavy atom. The largest absolute Gasteiger partial charge is 0.481 e. The Kier molecular flexibility index (Phi) is 13.4. The molecule has 178 valence electrons. The Bertz CT molecular complexity index is 654. The molecule has 0 rings (SSSR count). The average molecular weight is 454 g/mol. The molecule has 0 aromatic rings. The smallest absolute Gasteiger partial charge is 0.336 e. The summed E-state index contributed by atoms with van der Waals surface area (Å²) in [4.78, 5) is 62.9. The van der Waals surface area contributed by atoms with Gasteiger partial charge in [0.15, 0.2) is 11.2 Å². The highest BCUT2D eigenvalue weighted by atomic mass is 16.5. The Hall–Kier alpha value is -3.26. The Morgan fingerprint density at radius 2 is 1.00 bits per heavy atom. The minimum absolute atomic E-state index is 0.134. The molecule has 1 unspecified atom stereocenters. The van der Waals surface area contributed by atoms with Crippen LogP contribution in [0.1, 0.15) is 51.9 Å². The number of aliphatic carboxylic acids is 5. The zero-order valence-corrected chi connectivity index (χ0v) is 16.6. The van der Waals surface area contributed by atoms with Crippen LogP contribution in [0.25, 0.3) is 0 Å². The number of carbonyl (C=O) groups excluding carboxylic acids is 1. The van der Waals surface area contributed by atoms with E-state index in [1.165, 1.54) is 0 Å². The maximum Gasteiger partial charge on any atom is 0.336 e. The van der Waals surface area contributed by atoms with E-state index in [0.717, 1.165) is 12.8 Å². The fraction of sp³-hybridized carbons (Fsp3) is 0.647. The van der Waals surface area contributed by atoms with Crippen LogP contribution in [0.2, 0.25) is 0 Å². The highest BCUT2D eigenvalue weighted by Gasteiger charge is 2.42. The number of esters is 1. The molecule has 0 amide bonds. The first-order chi connectivity index (χ1) is 14.1. The standard InChI is InChI=1S/C11H18O7.C6H8O7/c1-2-3-4-5-18-9(14)7-11(17,10(15)16)6-8(12)13;7-3(8)1-6(13,5(11)12)2-4(9)10/h17H,2-7H2,1H3,(H,12,13)(H,15,16);13H,1-2H2,(H,7,8)(H,9,10)(H,11,12). The number of hydrogen-bond donors (Lipinski definition) is 7. The molecule has 0 bridgehead atoms. The topological polar surface area (TPSA) is 253 Å². The summed E-state index contributed by atoms with van der Waals surface area (Å²) in [6.07, 6.45) is -1.76. The molecule has 14 nitrogen and oxygen atoms in total. The van der Waals surface area contributed by atoms with E-state index in [1.54, 1.807) is 0 Å². The minimum Gasteiger partial charge on any atom is -0.481 e. The summed E-state index contributed by atoms with van der Waals surface area (Å²) in [6, 6.07) is 0. The lowest BCUT2D eigenvalue weighted by molar-refractivity contribution is -0.172. The van der Waals surface area contributed by atoms with Crippen molar-refractivity contribution in [2.75, 3.05) is 6.61 Å². The van der Waals surface area contributed by atoms with Crippen molar-refractivity contribution in [1.29, 1.82) is 0 Å². The zero-order valence-electron chi connectivity index (χ0n) is 16.6. The van der Waals surface area contributed by atoms with Gasteiger partial charge in [0, 0.05) is 0 Å². The van der Waals surface area contributed by atoms with E-state index in [-0.39, 0.29) is 6.61 Å². The summed E-state index contributed by atoms with van der Waals surface area (Å²) in [6.45, 7) is 2.10. The molecule has 0 aromatic carbocycles. The third-order valence-corrected chi connectivity index (χ3v) is 3.57. The van der Waals surface area contributed by atoms with Crippen molar-refractivity contribution in [2.24, 2.45) is 0 Å². The molecule has 0 saturated heterocycles. The van der Waals surface area contributed by atoms with Crippen LogP contribution in [0.4, 0.5) is 0 Å². The number of unbranched alkanes of at least 4 members (excludes halogenated alkanes) is 2. The molecule has 31 heavy (non-hydrogen) atoms. The first-order valence-electron chi connectivity index (χ1n) is 8.82. The van der Waals surface area contributed by atoms with Gasteiger partial charge in [-0.3, -0.25) is 19.2 Å². The molecule has 0 fully saturated rings. The second kappa shape index (κ2) is 13.9. The molecular formula is C17H26O14. The summed E-state index contributed by atoms with van der Waals surface area (Å²) < 4.78 is 4.72. The normalized spacial score (nSPS) is 12.5. The van der Waals surface area contributed by atoms with E-state index in [2.05, 4.69) is 0 Å². The molecule has 0 aliphatic rings. The first kappa shape index (κ1) is 29.9. The van der Waals surface area contributed by atoms with Crippen LogP contribution in [0.15, 0.2) is 0 Å². The van der Waals surface area contributed by atoms with Gasteiger partial charge in [0.2, 0.25) is 0 Å². The second-order valence-electron chi connectivity index (χ2n) is 6.49. The van der Waals surface area contributed by atoms with Crippen LogP contribution in [-0.2, 0) is 33.5 Å². The molecule has 0 saturated carbocycles. The lowest BCUT2D eigenvalue weighted by Crippen LogP contribution is -2.43. The van der Waals surface area contributed by atoms with Gasteiger partial charge in [-0.1, -0.05) is 19.8 Å². The predicted octanol–water partition coefficient (Wildman–Crippen LogP) is -0.848. The van der Waals surface area contributed by atoms with Crippen molar-refractivity contribution in [2.45, 2.75) is 63.1 Å². The molecule has 7 N–H and O–H groups in total. The van der Waals surface area contributed by atoms with E-state index >= 15 is 0 Å². The maximum absolute atomic E-state index is 11.3. The zero-order chi connectivity index (χ0) is 24.8. The molecule has 0 radical (unpaired) electrons. The first-order valence-corrected chi connectivity index (χ1v) is 8.82. The number of rotatable bonds is 14. The van der Waals surface area contributed by atoms with Gasteiger partial charge in [-0.25, -0.2) is 9.59 Å². The monoisotopic (exact) mass is 454 g/mol. The number of carbonyl (C=O) groups is 6. The molecule has 0 heterocycles. The highest BCUT2D eigenvalue weighted by molar-refractivity contribution is 5.89. The summed E-state index contributed by atoms with van der Waals surface area (Å²) >= 11 is 0. The number of hydrogen-bond acceptors (Lipinski definition) is 9. The fourth-order valence-corrected chi connectivity index (χ4v) is 2.01. The molecule has 0 aromatic heterocycles. The number of ether oxygens (including phenoxy) is 1. The van der Waals surface area contributed by atoms with Gasteiger partial charge in [-0.15, -0.1) is 0 Å². The third-order valence-electron chi connectivity index (χ3n) is 3.57. The van der Waals surface area contributed by atoms with Crippen LogP contribution in [0.5, 0.6) is 0 Å². The van der Waals surface area contributed by atoms with Crippen LogP contribution < -0.4 is 0 Å². The Labute approximate surface area is 175 Å². The van der Waals surface area contributed by atoms with Gasteiger partial charge in [-0.2, -0.15) is 0 Å². The summed E-state index contributed by atoms with van der Waals surface area (Å²) in [5.74, 6) is -9.19. The van der Waals surface area contributed by atoms with Gasteiger partial charge in [0.1, 0.15) is 0 Å². The second-order valence-corrected chi connectivity index (χ2v) is 6.49. The quantitative estimate of drug-likeness (QED) is 0.125. The van der Waals surface area contributed by atoms with Crippen LogP contribution in [0.3, 0.4) is 0 Å². The average Bonchev–Trinajstić information content (AvgIpc) is 2.56. The van der Waals surface area contributed by atoms with Crippen LogP contribution in [0, 0.1) is 0 Å². The summed E-state index contributed by atoms with van der Waals surface area (Å²) in [5, 5.41) is 60.6. The van der Waals surface area contributed by atoms with Crippen LogP contribution >= 0.6 is 0 Å². The van der Waals surface area contributed by atoms with Crippen molar-refractivity contribution in [3.8, 4) is 0 Å². The SMILES string of the molecule is CCCCCOC(=O)CC(O)(CC(=O)O)C(=O)O.O=C(O)CC(O)(CC(=O)O)C(=O)O. The molecule has 14 heteroatoms. The van der Waals surface area contributed by atoms with Crippen molar-refractivity contribution in [3.63, 3.8) is 0 Å². The number of aliphatic hydroxyl groups is 2. The van der Waals surface area contributed by atoms with Crippen molar-refractivity contribution >= 4 is 35.8 Å². The highest BCUT2D eigenvalue weighted by Crippen LogP contribution is 2.17. The minimum atomic E-state index is -2.74. The summed E-state index contributed by atoms with van der Waals surface area (Å²) in [7, 11) is 0. The lowest BCUT2D eigenvalue weighted by Gasteiger charge is -2.20. The Balaban J connectivity index is 0. The van der Waals surface area contributed by atoms with E-state index < -0.39 is 72.7 Å². The van der Waals surface area contributed by atoms with E-state index in [9.17, 15) is 33.9 Å². The molecular weight excluding hydrogens is 428 g/mol. The molecule has 1 atom stereocenters. The summed E-state index contributed by atoms with van der Waals surface area (Å²) in [5.41, 5.74) is -5.36. The molecule has 0 spiro atoms. The predicted molar refractivity (Wildman–Crippen MR) is 97.0 cm³/mol. The maximum atomic E-state index is 11.3. The van der Waals surface area contributed by atoms with Crippen molar-refractivity contribution < 1.29 is 69.2 Å². The Morgan fingerprint density at radius 1 is 0.645 bits per heavy atom. The molecule has 0 aliphatic carbocycles. The van der Waals surface area contributed by atoms with Gasteiger partial charge >= 0.3 is 35.8 Å². The lowest BCUT2D eigenvalue weighted by atomic mass is 9.96. The van der Waals surface area contributed by atoms with Crippen molar-refractivity contribution in [3.05, 3.63) is 0 Å². The fourth-order valence-electron chi connectivity index (χ4n) is 2.01. The van der Waals surface area contributed by atoms with E-state index in [0.29, 0.717) is 6.42 Å². The van der Waals surface area contributed by atoms with Crippen molar-refractivity contribution in [1.82, 2.24) is 0 Å². The molecule has 0 aliphatic heterocycles. The number of carboxylic acids is 5. The van der Waals surface area contributed by atoms with Crippen LogP contribution in [-0.4, -0.2) is 89.4 Å².